The number of anilines is 1. The second kappa shape index (κ2) is 14.6. The number of aryl methyl sites for hydroxylation is 2. The molecule has 2 fully saturated rings. The van der Waals surface area contributed by atoms with E-state index in [-0.39, 0.29) is 18.3 Å². The monoisotopic (exact) mass is 720 g/mol. The highest BCUT2D eigenvalue weighted by Crippen LogP contribution is 2.40. The van der Waals surface area contributed by atoms with Crippen LogP contribution >= 0.6 is 0 Å². The fraction of sp³-hybridized carbons (Fsp3) is 0.333. The molecule has 4 heterocycles. The average molecular weight is 721 g/mol. The molecule has 0 radical (unpaired) electrons. The molecule has 6 aromatic rings. The van der Waals surface area contributed by atoms with E-state index in [1.54, 1.807) is 0 Å². The number of ether oxygens (including phenoxy) is 2. The number of benzene rings is 4. The van der Waals surface area contributed by atoms with Gasteiger partial charge in [0.15, 0.2) is 0 Å². The largest absolute Gasteiger partial charge is 0.495 e. The van der Waals surface area contributed by atoms with Gasteiger partial charge in [-0.25, -0.2) is 0 Å². The van der Waals surface area contributed by atoms with Crippen LogP contribution in [-0.2, 0) is 29.6 Å². The van der Waals surface area contributed by atoms with E-state index < -0.39 is 0 Å². The molecule has 8 rings (SSSR count). The Kier molecular flexibility index (Phi) is 9.71. The normalized spacial score (nSPS) is 16.9. The van der Waals surface area contributed by atoms with Gasteiger partial charge >= 0.3 is 7.12 Å². The van der Waals surface area contributed by atoms with Gasteiger partial charge in [0.1, 0.15) is 18.9 Å². The van der Waals surface area contributed by atoms with Crippen molar-refractivity contribution in [2.75, 3.05) is 18.0 Å². The number of fused-ring (bicyclic) bond motifs is 1. The van der Waals surface area contributed by atoms with E-state index in [0.29, 0.717) is 30.9 Å². The number of aromatic nitrogens is 3. The fourth-order valence-corrected chi connectivity index (χ4v) is 7.66. The molecule has 276 valence electrons. The molecule has 2 saturated heterocycles. The topological polar surface area (TPSA) is 70.9 Å². The Morgan fingerprint density at radius 1 is 0.759 bits per heavy atom. The number of rotatable bonds is 10. The minimum Gasteiger partial charge on any atom is -0.473 e. The van der Waals surface area contributed by atoms with Gasteiger partial charge in [-0.3, -0.25) is 4.68 Å². The number of nitrogens with zero attached hydrogens (tertiary/aromatic N) is 4. The SMILES string of the molecule is Cc1cc(C2CCN(c3cccc4c(-c5ccc(OCc6ccccc6)nc5OCc5ccccc5)nn(C)c34)CC2)ccc1B1OC(C)(C)C(C)(C)O1. The van der Waals surface area contributed by atoms with Crippen LogP contribution in [-0.4, -0.2) is 46.2 Å². The summed E-state index contributed by atoms with van der Waals surface area (Å²) in [6.45, 7) is 13.3. The smallest absolute Gasteiger partial charge is 0.473 e. The van der Waals surface area contributed by atoms with Gasteiger partial charge in [-0.1, -0.05) is 96.6 Å². The lowest BCUT2D eigenvalue weighted by Gasteiger charge is -2.34. The highest BCUT2D eigenvalue weighted by molar-refractivity contribution is 6.62. The van der Waals surface area contributed by atoms with Crippen molar-refractivity contribution in [1.82, 2.24) is 14.8 Å². The first-order valence-corrected chi connectivity index (χ1v) is 19.1. The summed E-state index contributed by atoms with van der Waals surface area (Å²) in [6.07, 6.45) is 2.14. The zero-order valence-corrected chi connectivity index (χ0v) is 32.2. The Morgan fingerprint density at radius 2 is 1.41 bits per heavy atom. The zero-order chi connectivity index (χ0) is 37.5. The van der Waals surface area contributed by atoms with E-state index >= 15 is 0 Å². The first-order chi connectivity index (χ1) is 26.1. The van der Waals surface area contributed by atoms with Gasteiger partial charge in [0.05, 0.1) is 28.0 Å². The highest BCUT2D eigenvalue weighted by atomic mass is 16.7. The maximum absolute atomic E-state index is 6.43. The van der Waals surface area contributed by atoms with E-state index in [4.69, 9.17) is 28.9 Å². The lowest BCUT2D eigenvalue weighted by molar-refractivity contribution is 0.00578. The molecule has 54 heavy (non-hydrogen) atoms. The van der Waals surface area contributed by atoms with Crippen molar-refractivity contribution in [3.63, 3.8) is 0 Å². The molecule has 0 spiro atoms. The molecule has 0 unspecified atom stereocenters. The van der Waals surface area contributed by atoms with Crippen LogP contribution in [0.4, 0.5) is 5.69 Å². The van der Waals surface area contributed by atoms with Gasteiger partial charge in [0.2, 0.25) is 11.8 Å². The summed E-state index contributed by atoms with van der Waals surface area (Å²) >= 11 is 0. The molecule has 0 atom stereocenters. The lowest BCUT2D eigenvalue weighted by atomic mass is 9.74. The molecule has 8 nitrogen and oxygen atoms in total. The van der Waals surface area contributed by atoms with Gasteiger partial charge in [0, 0.05) is 31.6 Å². The first kappa shape index (κ1) is 35.9. The predicted molar refractivity (Wildman–Crippen MR) is 217 cm³/mol. The zero-order valence-electron chi connectivity index (χ0n) is 32.2. The van der Waals surface area contributed by atoms with Crippen molar-refractivity contribution in [3.8, 4) is 23.0 Å². The molecule has 2 aliphatic heterocycles. The van der Waals surface area contributed by atoms with Crippen LogP contribution in [0.15, 0.2) is 109 Å². The van der Waals surface area contributed by atoms with Crippen LogP contribution in [0.3, 0.4) is 0 Å². The summed E-state index contributed by atoms with van der Waals surface area (Å²) in [6, 6.07) is 37.5. The van der Waals surface area contributed by atoms with Crippen molar-refractivity contribution < 1.29 is 18.8 Å². The van der Waals surface area contributed by atoms with E-state index in [0.717, 1.165) is 64.7 Å². The standard InChI is InChI=1S/C45H49BN4O4/c1-31-28-35(20-22-38(31)46-53-44(2,3)45(4,5)54-46)34-24-26-50(27-25-34)39-19-13-18-36-41(48-49(6)42(36)39)37-21-23-40(51-29-32-14-9-7-10-15-32)47-43(37)52-30-33-16-11-8-12-17-33/h7-23,28,34H,24-27,29-30H2,1-6H3. The van der Waals surface area contributed by atoms with Gasteiger partial charge < -0.3 is 23.7 Å². The summed E-state index contributed by atoms with van der Waals surface area (Å²) in [4.78, 5) is 7.39. The van der Waals surface area contributed by atoms with Crippen LogP contribution in [0.25, 0.3) is 22.2 Å². The number of piperidine rings is 1. The average Bonchev–Trinajstić information content (AvgIpc) is 3.63. The third kappa shape index (κ3) is 7.10. The van der Waals surface area contributed by atoms with Crippen LogP contribution < -0.4 is 19.8 Å². The molecule has 0 bridgehead atoms. The van der Waals surface area contributed by atoms with Crippen molar-refractivity contribution >= 4 is 29.2 Å². The molecule has 9 heteroatoms. The summed E-state index contributed by atoms with van der Waals surface area (Å²) < 4.78 is 27.3. The van der Waals surface area contributed by atoms with Crippen molar-refractivity contribution in [1.29, 1.82) is 0 Å². The summed E-state index contributed by atoms with van der Waals surface area (Å²) in [5, 5.41) is 6.16. The quantitative estimate of drug-likeness (QED) is 0.131. The Hall–Kier alpha value is -5.12. The van der Waals surface area contributed by atoms with E-state index in [9.17, 15) is 0 Å². The Morgan fingerprint density at radius 3 is 2.06 bits per heavy atom. The molecule has 2 aromatic heterocycles. The molecule has 0 aliphatic carbocycles. The minimum absolute atomic E-state index is 0.344. The Balaban J connectivity index is 1.02. The minimum atomic E-state index is -0.357. The molecule has 0 N–H and O–H groups in total. The molecule has 4 aromatic carbocycles. The van der Waals surface area contributed by atoms with Gasteiger partial charge in [0.25, 0.3) is 0 Å². The van der Waals surface area contributed by atoms with Crippen LogP contribution in [0.2, 0.25) is 0 Å². The van der Waals surface area contributed by atoms with Crippen LogP contribution in [0, 0.1) is 6.92 Å². The maximum Gasteiger partial charge on any atom is 0.495 e. The molecule has 0 amide bonds. The van der Waals surface area contributed by atoms with Crippen molar-refractivity contribution in [2.24, 2.45) is 7.05 Å². The van der Waals surface area contributed by atoms with Gasteiger partial charge in [-0.2, -0.15) is 10.1 Å². The summed E-state index contributed by atoms with van der Waals surface area (Å²) in [5.41, 5.74) is 9.13. The summed E-state index contributed by atoms with van der Waals surface area (Å²) in [7, 11) is 1.69. The molecular weight excluding hydrogens is 671 g/mol. The molecule has 2 aliphatic rings. The molecule has 0 saturated carbocycles. The predicted octanol–water partition coefficient (Wildman–Crippen LogP) is 8.78. The Bertz CT molecular complexity index is 2230. The van der Waals surface area contributed by atoms with Crippen LogP contribution in [0.1, 0.15) is 68.7 Å². The second-order valence-corrected chi connectivity index (χ2v) is 15.7. The number of pyridine rings is 1. The highest BCUT2D eigenvalue weighted by Gasteiger charge is 2.52. The van der Waals surface area contributed by atoms with Gasteiger partial charge in [-0.05, 0) is 87.7 Å². The van der Waals surface area contributed by atoms with E-state index in [2.05, 4.69) is 88.0 Å². The lowest BCUT2D eigenvalue weighted by Crippen LogP contribution is -2.41. The number of para-hydroxylation sites is 1. The fourth-order valence-electron chi connectivity index (χ4n) is 7.66. The number of hydrogen-bond acceptors (Lipinski definition) is 7. The second-order valence-electron chi connectivity index (χ2n) is 15.7. The molecular formula is C45H49BN4O4. The Labute approximate surface area is 319 Å². The third-order valence-electron chi connectivity index (χ3n) is 11.5. The first-order valence-electron chi connectivity index (χ1n) is 19.1. The van der Waals surface area contributed by atoms with Crippen LogP contribution in [0.5, 0.6) is 11.8 Å². The van der Waals surface area contributed by atoms with E-state index in [1.807, 2.05) is 72.4 Å². The third-order valence-corrected chi connectivity index (χ3v) is 11.5. The van der Waals surface area contributed by atoms with Crippen molar-refractivity contribution in [3.05, 3.63) is 131 Å². The van der Waals surface area contributed by atoms with Crippen molar-refractivity contribution in [2.45, 2.75) is 77.8 Å². The van der Waals surface area contributed by atoms with Gasteiger partial charge in [-0.15, -0.1) is 0 Å². The van der Waals surface area contributed by atoms with E-state index in [1.165, 1.54) is 16.8 Å². The maximum atomic E-state index is 6.43. The number of hydrogen-bond donors (Lipinski definition) is 0. The summed E-state index contributed by atoms with van der Waals surface area (Å²) in [5.74, 6) is 1.49.